The summed E-state index contributed by atoms with van der Waals surface area (Å²) in [5, 5.41) is 6.45. The zero-order valence-corrected chi connectivity index (χ0v) is 47.9. The number of methoxy groups -OCH3 is 1. The van der Waals surface area contributed by atoms with E-state index < -0.39 is 120 Å². The Labute approximate surface area is 481 Å². The van der Waals surface area contributed by atoms with Crippen LogP contribution in [-0.4, -0.2) is 140 Å². The minimum atomic E-state index is -3.41. The van der Waals surface area contributed by atoms with Gasteiger partial charge in [-0.2, -0.15) is 0 Å². The number of alkyl carbamates (subject to hydrolysis) is 1. The maximum absolute atomic E-state index is 17.6. The van der Waals surface area contributed by atoms with Gasteiger partial charge in [0.1, 0.15) is 25.1 Å². The molecule has 20 nitrogen and oxygen atoms in total. The molecule has 3 heterocycles. The van der Waals surface area contributed by atoms with E-state index in [0.717, 1.165) is 29.2 Å². The fraction of sp³-hybridized carbons (Fsp3) is 0.500. The number of hydrogen-bond acceptors (Lipinski definition) is 16. The summed E-state index contributed by atoms with van der Waals surface area (Å²) >= 11 is 0. The largest absolute Gasteiger partial charge is 0.459 e. The molecule has 13 atom stereocenters. The van der Waals surface area contributed by atoms with E-state index in [2.05, 4.69) is 15.3 Å². The number of alkyl halides is 1. The second-order valence-electron chi connectivity index (χ2n) is 22.3. The fourth-order valence-corrected chi connectivity index (χ4v) is 12.4. The van der Waals surface area contributed by atoms with Crippen molar-refractivity contribution in [3.05, 3.63) is 142 Å². The number of benzene rings is 4. The highest BCUT2D eigenvalue weighted by atomic mass is 19.1. The summed E-state index contributed by atoms with van der Waals surface area (Å²) in [5.74, 6) is -8.92. The molecule has 4 aromatic rings. The van der Waals surface area contributed by atoms with Crippen LogP contribution in [0.25, 0.3) is 21.6 Å². The van der Waals surface area contributed by atoms with Crippen molar-refractivity contribution < 1.29 is 75.8 Å². The topological polar surface area (TPSA) is 257 Å². The predicted octanol–water partition coefficient (Wildman–Crippen LogP) is 10.1. The van der Waals surface area contributed by atoms with Gasteiger partial charge in [-0.3, -0.25) is 9.59 Å². The zero-order chi connectivity index (χ0) is 59.8. The number of halogens is 1. The van der Waals surface area contributed by atoms with Gasteiger partial charge in [0, 0.05) is 55.2 Å². The molecule has 83 heavy (non-hydrogen) atoms. The lowest BCUT2D eigenvalue weighted by Gasteiger charge is -2.47. The fourth-order valence-electron chi connectivity index (χ4n) is 12.4. The molecule has 4 unspecified atom stereocenters. The first kappa shape index (κ1) is 61.4. The summed E-state index contributed by atoms with van der Waals surface area (Å²) in [5.41, 5.74) is 6.16. The van der Waals surface area contributed by atoms with Gasteiger partial charge < -0.3 is 48.1 Å². The summed E-state index contributed by atoms with van der Waals surface area (Å²) in [6.45, 7) is 9.65. The number of esters is 3. The lowest BCUT2D eigenvalue weighted by molar-refractivity contribution is -0.294. The molecular formula is C62H72FN5O15. The highest BCUT2D eigenvalue weighted by Crippen LogP contribution is 2.46. The molecule has 1 N–H and O–H groups in total. The molecule has 442 valence electrons. The second-order valence-corrected chi connectivity index (χ2v) is 22.3. The minimum absolute atomic E-state index is 0.0321. The van der Waals surface area contributed by atoms with Gasteiger partial charge in [0.25, 0.3) is 5.67 Å². The Morgan fingerprint density at radius 3 is 2.01 bits per heavy atom. The van der Waals surface area contributed by atoms with Gasteiger partial charge in [-0.1, -0.05) is 118 Å². The van der Waals surface area contributed by atoms with Crippen molar-refractivity contribution in [2.75, 3.05) is 33.4 Å². The van der Waals surface area contributed by atoms with E-state index in [1.807, 2.05) is 48.5 Å². The number of nitrogens with zero attached hydrogens (tertiary/aromatic N) is 4. The first-order valence-corrected chi connectivity index (χ1v) is 28.1. The molecule has 21 heteroatoms. The molecule has 0 saturated carbocycles. The Morgan fingerprint density at radius 1 is 0.807 bits per heavy atom. The number of rotatable bonds is 17. The molecule has 0 spiro atoms. The molecule has 0 bridgehead atoms. The van der Waals surface area contributed by atoms with Crippen LogP contribution in [-0.2, 0) is 52.3 Å². The van der Waals surface area contributed by atoms with Crippen LogP contribution in [0.3, 0.4) is 0 Å². The van der Waals surface area contributed by atoms with E-state index in [9.17, 15) is 24.0 Å². The van der Waals surface area contributed by atoms with Gasteiger partial charge in [-0.25, -0.2) is 28.4 Å². The summed E-state index contributed by atoms with van der Waals surface area (Å²) in [7, 11) is 1.30. The zero-order valence-electron chi connectivity index (χ0n) is 47.9. The lowest BCUT2D eigenvalue weighted by atomic mass is 9.73. The van der Waals surface area contributed by atoms with E-state index in [1.165, 1.54) is 44.9 Å². The first-order valence-electron chi connectivity index (χ1n) is 28.1. The first-order chi connectivity index (χ1) is 39.7. The summed E-state index contributed by atoms with van der Waals surface area (Å²) < 4.78 is 67.5. The average Bonchev–Trinajstić information content (AvgIpc) is 3.39. The van der Waals surface area contributed by atoms with Gasteiger partial charge in [0.15, 0.2) is 23.8 Å². The quantitative estimate of drug-likeness (QED) is 0.0196. The van der Waals surface area contributed by atoms with Crippen LogP contribution >= 0.6 is 0 Å². The Kier molecular flexibility index (Phi) is 19.4. The van der Waals surface area contributed by atoms with Gasteiger partial charge >= 0.3 is 30.1 Å². The van der Waals surface area contributed by atoms with Crippen molar-refractivity contribution >= 4 is 41.7 Å². The molecular weight excluding hydrogens is 1070 g/mol. The molecule has 3 saturated heterocycles. The number of unbranched alkanes of at least 4 members (excludes halogenated alkanes) is 1. The predicted molar refractivity (Wildman–Crippen MR) is 298 cm³/mol. The van der Waals surface area contributed by atoms with Crippen molar-refractivity contribution in [3.8, 4) is 11.1 Å². The van der Waals surface area contributed by atoms with Crippen LogP contribution < -0.4 is 5.32 Å². The Balaban J connectivity index is 1.17. The number of nitrogens with one attached hydrogen (secondary N) is 1. The van der Waals surface area contributed by atoms with Crippen LogP contribution in [0.2, 0.25) is 0 Å². The summed E-state index contributed by atoms with van der Waals surface area (Å²) in [6.07, 6.45) is -9.06. The van der Waals surface area contributed by atoms with Crippen LogP contribution in [0, 0.1) is 17.8 Å². The van der Waals surface area contributed by atoms with E-state index >= 15 is 14.0 Å². The number of fused-ring (bicyclic) bond motifs is 4. The third-order valence-corrected chi connectivity index (χ3v) is 16.7. The average molecular weight is 1150 g/mol. The number of cyclic esters (lactones) is 1. The smallest absolute Gasteiger partial charge is 0.410 e. The van der Waals surface area contributed by atoms with Crippen molar-refractivity contribution in [2.24, 2.45) is 22.9 Å². The van der Waals surface area contributed by atoms with Crippen LogP contribution in [0.4, 0.5) is 14.0 Å². The summed E-state index contributed by atoms with van der Waals surface area (Å²) in [6, 6.07) is 29.4. The monoisotopic (exact) mass is 1150 g/mol. The highest BCUT2D eigenvalue weighted by Gasteiger charge is 2.62. The maximum Gasteiger partial charge on any atom is 0.410 e. The van der Waals surface area contributed by atoms with E-state index in [4.69, 9.17) is 43.4 Å². The molecule has 4 aliphatic rings. The minimum Gasteiger partial charge on any atom is -0.459 e. The Bertz CT molecular complexity index is 3020. The molecule has 0 radical (unpaired) electrons. The van der Waals surface area contributed by atoms with Crippen molar-refractivity contribution in [1.29, 1.82) is 0 Å². The van der Waals surface area contributed by atoms with E-state index in [0.29, 0.717) is 12.8 Å². The third kappa shape index (κ3) is 13.1. The van der Waals surface area contributed by atoms with Gasteiger partial charge in [-0.05, 0) is 98.5 Å². The summed E-state index contributed by atoms with van der Waals surface area (Å²) in [4.78, 5) is 105. The van der Waals surface area contributed by atoms with Crippen LogP contribution in [0.5, 0.6) is 0 Å². The van der Waals surface area contributed by atoms with Crippen molar-refractivity contribution in [3.63, 3.8) is 0 Å². The number of ketones is 2. The maximum atomic E-state index is 17.6. The number of azide groups is 1. The number of amides is 2. The van der Waals surface area contributed by atoms with Crippen LogP contribution in [0.1, 0.15) is 118 Å². The molecule has 3 fully saturated rings. The molecule has 2 amide bonds. The Hall–Kier alpha value is -7.71. The number of ether oxygens (including phenoxy) is 8. The molecule has 8 rings (SSSR count). The van der Waals surface area contributed by atoms with Gasteiger partial charge in [-0.15, -0.1) is 0 Å². The number of carbonyl (C=O) groups excluding carboxylic acids is 7. The molecule has 3 aliphatic heterocycles. The van der Waals surface area contributed by atoms with Crippen LogP contribution in [0.15, 0.2) is 114 Å². The molecule has 0 aromatic heterocycles. The Morgan fingerprint density at radius 2 is 1.41 bits per heavy atom. The number of Topliss-reactive ketones (excluding diaryl/α,β-unsaturated/α-hetero) is 2. The van der Waals surface area contributed by atoms with E-state index in [-0.39, 0.29) is 61.8 Å². The molecule has 1 aliphatic carbocycles. The van der Waals surface area contributed by atoms with E-state index in [1.54, 1.807) is 69.3 Å². The van der Waals surface area contributed by atoms with Crippen molar-refractivity contribution in [2.45, 2.75) is 146 Å². The lowest BCUT2D eigenvalue weighted by Crippen LogP contribution is -2.63. The normalized spacial score (nSPS) is 30.1. The number of carbonyl (C=O) groups is 7. The SMILES string of the molecule is CC[C@H]1OC(=O)[C@@](C)(F)C(=O)[C@H](C)[C@@H](OC2OC(COC(=O)c3ccccc3)CC(NC(=O)OCC3c4ccccc4-c4ccccc43)C2OC(=O)c2ccccc2)[C@@](C)(OC)C[C@@H](C)C(=O)[C@H](C)[C@H]2N(CCCCN=[N+]=[N-])C(=O)O[C@]12C. The van der Waals surface area contributed by atoms with Gasteiger partial charge in [0.2, 0.25) is 0 Å². The standard InChI is InChI=1S/C62H72FN5O15/c1-9-48-62(7)51(68(59(75)83-62)31-21-20-30-65-67-64)37(3)49(69)36(2)33-60(5,76-8)53(38(4)52(70)61(6,63)57(73)80-48)82-56-50(81-55(72)40-24-14-11-15-25-40)47(32-41(79-56)34-77-54(71)39-22-12-10-13-23-39)66-58(74)78-35-46-44-28-18-16-26-42(44)43-27-17-19-29-45(43)46/h10-19,22-29,36-38,41,46-48,50-51,53,56H,9,20-21,30-35H2,1-8H3,(H,66,74)/t36-,37+,38+,41?,47?,48-,50?,51-,53-,56?,60+,61+,62-/m1/s1. The number of hydrogen-bond donors (Lipinski definition) is 1. The van der Waals surface area contributed by atoms with Gasteiger partial charge in [0.05, 0.1) is 41.0 Å². The highest BCUT2D eigenvalue weighted by molar-refractivity contribution is 6.08. The molecule has 4 aromatic carbocycles. The third-order valence-electron chi connectivity index (χ3n) is 16.7. The second kappa shape index (κ2) is 26.3. The van der Waals surface area contributed by atoms with Crippen molar-refractivity contribution in [1.82, 2.24) is 10.2 Å².